The van der Waals surface area contributed by atoms with Gasteiger partial charge in [0, 0.05) is 6.54 Å². The smallest absolute Gasteiger partial charge is 0.160 e. The fraction of sp³-hybridized carbons (Fsp3) is 0.273. The van der Waals surface area contributed by atoms with Crippen LogP contribution < -0.4 is 10.1 Å². The van der Waals surface area contributed by atoms with E-state index in [2.05, 4.69) is 20.5 Å². The van der Waals surface area contributed by atoms with Gasteiger partial charge >= 0.3 is 0 Å². The molecule has 0 saturated carbocycles. The number of rotatable bonds is 5. The molecule has 1 aromatic carbocycles. The Labute approximate surface area is 98.7 Å². The third-order valence-electron chi connectivity index (χ3n) is 2.33. The van der Waals surface area contributed by atoms with Gasteiger partial charge in [-0.15, -0.1) is 0 Å². The Hall–Kier alpha value is -2.08. The van der Waals surface area contributed by atoms with Gasteiger partial charge in [-0.25, -0.2) is 4.98 Å². The lowest BCUT2D eigenvalue weighted by molar-refractivity contribution is 0.373. The molecule has 2 rings (SSSR count). The topological polar surface area (TPSA) is 83.1 Å². The largest absolute Gasteiger partial charge is 0.504 e. The zero-order valence-corrected chi connectivity index (χ0v) is 9.47. The third-order valence-corrected chi connectivity index (χ3v) is 2.33. The monoisotopic (exact) mass is 234 g/mol. The molecule has 90 valence electrons. The first-order valence-electron chi connectivity index (χ1n) is 5.20. The highest BCUT2D eigenvalue weighted by atomic mass is 16.5. The van der Waals surface area contributed by atoms with Crippen LogP contribution in [-0.2, 0) is 13.1 Å². The SMILES string of the molecule is COc1ccc(CNCc2ncn[nH]2)cc1O. The van der Waals surface area contributed by atoms with Gasteiger partial charge in [-0.3, -0.25) is 5.10 Å². The van der Waals surface area contributed by atoms with Gasteiger partial charge in [0.25, 0.3) is 0 Å². The summed E-state index contributed by atoms with van der Waals surface area (Å²) in [5.74, 6) is 1.40. The van der Waals surface area contributed by atoms with Crippen molar-refractivity contribution in [2.45, 2.75) is 13.1 Å². The maximum absolute atomic E-state index is 9.59. The Morgan fingerprint density at radius 1 is 1.41 bits per heavy atom. The van der Waals surface area contributed by atoms with Crippen LogP contribution in [0.3, 0.4) is 0 Å². The maximum atomic E-state index is 9.59. The first-order valence-corrected chi connectivity index (χ1v) is 5.20. The Kier molecular flexibility index (Phi) is 3.56. The minimum atomic E-state index is 0.145. The number of aromatic hydroxyl groups is 1. The quantitative estimate of drug-likeness (QED) is 0.713. The molecule has 6 nitrogen and oxygen atoms in total. The lowest BCUT2D eigenvalue weighted by Gasteiger charge is -2.06. The van der Waals surface area contributed by atoms with E-state index in [4.69, 9.17) is 4.74 Å². The molecule has 2 aromatic rings. The number of ether oxygens (including phenoxy) is 1. The second-order valence-corrected chi connectivity index (χ2v) is 3.54. The number of nitrogens with zero attached hydrogens (tertiary/aromatic N) is 2. The summed E-state index contributed by atoms with van der Waals surface area (Å²) < 4.78 is 4.97. The molecule has 0 spiro atoms. The van der Waals surface area contributed by atoms with Crippen molar-refractivity contribution in [2.75, 3.05) is 7.11 Å². The Bertz CT molecular complexity index is 470. The summed E-state index contributed by atoms with van der Waals surface area (Å²) in [4.78, 5) is 3.99. The van der Waals surface area contributed by atoms with Gasteiger partial charge in [-0.05, 0) is 17.7 Å². The van der Waals surface area contributed by atoms with Gasteiger partial charge in [0.1, 0.15) is 12.2 Å². The van der Waals surface area contributed by atoms with Crippen molar-refractivity contribution < 1.29 is 9.84 Å². The summed E-state index contributed by atoms with van der Waals surface area (Å²) in [5.41, 5.74) is 0.975. The van der Waals surface area contributed by atoms with E-state index < -0.39 is 0 Å². The Morgan fingerprint density at radius 2 is 2.29 bits per heavy atom. The minimum Gasteiger partial charge on any atom is -0.504 e. The zero-order chi connectivity index (χ0) is 12.1. The summed E-state index contributed by atoms with van der Waals surface area (Å²) >= 11 is 0. The van der Waals surface area contributed by atoms with Gasteiger partial charge in [0.2, 0.25) is 0 Å². The number of H-pyrrole nitrogens is 1. The maximum Gasteiger partial charge on any atom is 0.160 e. The van der Waals surface area contributed by atoms with Gasteiger partial charge in [0.05, 0.1) is 13.7 Å². The number of hydrogen-bond donors (Lipinski definition) is 3. The Balaban J connectivity index is 1.89. The highest BCUT2D eigenvalue weighted by Gasteiger charge is 2.02. The average Bonchev–Trinajstić information content (AvgIpc) is 2.82. The van der Waals surface area contributed by atoms with Crippen LogP contribution in [0.2, 0.25) is 0 Å². The molecular weight excluding hydrogens is 220 g/mol. The second-order valence-electron chi connectivity index (χ2n) is 3.54. The lowest BCUT2D eigenvalue weighted by Crippen LogP contribution is -2.13. The summed E-state index contributed by atoms with van der Waals surface area (Å²) in [7, 11) is 1.52. The molecule has 0 unspecified atom stereocenters. The van der Waals surface area contributed by atoms with Crippen LogP contribution in [0.25, 0.3) is 0 Å². The molecule has 3 N–H and O–H groups in total. The highest BCUT2D eigenvalue weighted by Crippen LogP contribution is 2.25. The molecule has 0 aliphatic heterocycles. The zero-order valence-electron chi connectivity index (χ0n) is 9.47. The fourth-order valence-corrected chi connectivity index (χ4v) is 1.49. The third kappa shape index (κ3) is 2.94. The summed E-state index contributed by atoms with van der Waals surface area (Å²) in [5, 5.41) is 19.3. The molecule has 0 radical (unpaired) electrons. The predicted molar refractivity (Wildman–Crippen MR) is 61.6 cm³/mol. The van der Waals surface area contributed by atoms with Crippen LogP contribution in [0.15, 0.2) is 24.5 Å². The number of phenols is 1. The molecule has 1 aromatic heterocycles. The van der Waals surface area contributed by atoms with Gasteiger partial charge in [-0.2, -0.15) is 5.10 Å². The molecule has 0 saturated heterocycles. The van der Waals surface area contributed by atoms with Crippen LogP contribution in [0.1, 0.15) is 11.4 Å². The summed E-state index contributed by atoms with van der Waals surface area (Å²) in [6.07, 6.45) is 1.47. The number of aromatic amines is 1. The number of methoxy groups -OCH3 is 1. The summed E-state index contributed by atoms with van der Waals surface area (Å²) in [6, 6.07) is 5.30. The van der Waals surface area contributed by atoms with Gasteiger partial charge in [0.15, 0.2) is 11.5 Å². The van der Waals surface area contributed by atoms with E-state index in [1.54, 1.807) is 12.1 Å². The molecule has 6 heteroatoms. The van der Waals surface area contributed by atoms with Crippen molar-refractivity contribution in [1.29, 1.82) is 0 Å². The molecule has 17 heavy (non-hydrogen) atoms. The standard InChI is InChI=1S/C11H14N4O2/c1-17-10-3-2-8(4-9(10)16)5-12-6-11-13-7-14-15-11/h2-4,7,12,16H,5-6H2,1H3,(H,13,14,15). The van der Waals surface area contributed by atoms with Crippen LogP contribution >= 0.6 is 0 Å². The van der Waals surface area contributed by atoms with Crippen LogP contribution in [0.4, 0.5) is 0 Å². The lowest BCUT2D eigenvalue weighted by atomic mass is 10.2. The molecule has 0 amide bonds. The van der Waals surface area contributed by atoms with Gasteiger partial charge < -0.3 is 15.2 Å². The second kappa shape index (κ2) is 5.31. The van der Waals surface area contributed by atoms with Crippen molar-refractivity contribution >= 4 is 0 Å². The van der Waals surface area contributed by atoms with E-state index in [1.807, 2.05) is 6.07 Å². The van der Waals surface area contributed by atoms with Crippen LogP contribution in [-0.4, -0.2) is 27.4 Å². The van der Waals surface area contributed by atoms with Crippen molar-refractivity contribution in [3.8, 4) is 11.5 Å². The fourth-order valence-electron chi connectivity index (χ4n) is 1.49. The van der Waals surface area contributed by atoms with Crippen molar-refractivity contribution in [3.05, 3.63) is 35.9 Å². The summed E-state index contributed by atoms with van der Waals surface area (Å²) in [6.45, 7) is 1.24. The van der Waals surface area contributed by atoms with Crippen molar-refractivity contribution in [3.63, 3.8) is 0 Å². The molecule has 0 aliphatic carbocycles. The van der Waals surface area contributed by atoms with Gasteiger partial charge in [-0.1, -0.05) is 6.07 Å². The number of aromatic nitrogens is 3. The van der Waals surface area contributed by atoms with E-state index in [-0.39, 0.29) is 5.75 Å². The minimum absolute atomic E-state index is 0.145. The van der Waals surface area contributed by atoms with Crippen LogP contribution in [0.5, 0.6) is 11.5 Å². The van der Waals surface area contributed by atoms with Crippen molar-refractivity contribution in [2.24, 2.45) is 0 Å². The van der Waals surface area contributed by atoms with Crippen molar-refractivity contribution in [1.82, 2.24) is 20.5 Å². The number of benzene rings is 1. The van der Waals surface area contributed by atoms with E-state index in [0.717, 1.165) is 11.4 Å². The average molecular weight is 234 g/mol. The first kappa shape index (κ1) is 11.4. The number of nitrogens with one attached hydrogen (secondary N) is 2. The van der Waals surface area contributed by atoms with E-state index in [0.29, 0.717) is 18.8 Å². The van der Waals surface area contributed by atoms with E-state index >= 15 is 0 Å². The molecule has 0 atom stereocenters. The van der Waals surface area contributed by atoms with E-state index in [9.17, 15) is 5.11 Å². The highest BCUT2D eigenvalue weighted by molar-refractivity contribution is 5.41. The normalized spacial score (nSPS) is 10.4. The molecular formula is C11H14N4O2. The number of phenolic OH excluding ortho intramolecular Hbond substituents is 1. The number of hydrogen-bond acceptors (Lipinski definition) is 5. The molecule has 1 heterocycles. The Morgan fingerprint density at radius 3 is 2.94 bits per heavy atom. The first-order chi connectivity index (χ1) is 8.29. The van der Waals surface area contributed by atoms with Crippen LogP contribution in [0, 0.1) is 0 Å². The molecule has 0 aliphatic rings. The van der Waals surface area contributed by atoms with E-state index in [1.165, 1.54) is 13.4 Å². The molecule has 0 bridgehead atoms. The molecule has 0 fully saturated rings. The predicted octanol–water partition coefficient (Wildman–Crippen LogP) is 0.809.